The number of rotatable bonds is 6. The van der Waals surface area contributed by atoms with Gasteiger partial charge in [-0.25, -0.2) is 8.42 Å². The van der Waals surface area contributed by atoms with Crippen molar-refractivity contribution in [1.82, 2.24) is 9.21 Å². The summed E-state index contributed by atoms with van der Waals surface area (Å²) in [6, 6.07) is 17.0. The molecule has 1 saturated heterocycles. The number of carbonyl (C=O) groups is 1. The predicted molar refractivity (Wildman–Crippen MR) is 122 cm³/mol. The van der Waals surface area contributed by atoms with Crippen LogP contribution in [0.1, 0.15) is 60.9 Å². The van der Waals surface area contributed by atoms with E-state index in [2.05, 4.69) is 12.1 Å². The van der Waals surface area contributed by atoms with Crippen molar-refractivity contribution in [2.75, 3.05) is 13.6 Å². The molecule has 1 heterocycles. The summed E-state index contributed by atoms with van der Waals surface area (Å²) in [6.45, 7) is 0.718. The molecule has 0 bridgehead atoms. The van der Waals surface area contributed by atoms with E-state index >= 15 is 0 Å². The Labute approximate surface area is 186 Å². The molecule has 1 unspecified atom stereocenters. The zero-order valence-electron chi connectivity index (χ0n) is 18.2. The molecule has 1 saturated carbocycles. The molecule has 5 nitrogen and oxygen atoms in total. The fraction of sp³-hybridized carbons (Fsp3) is 0.480. The molecule has 2 aromatic rings. The fourth-order valence-electron chi connectivity index (χ4n) is 4.96. The summed E-state index contributed by atoms with van der Waals surface area (Å²) < 4.78 is 28.0. The van der Waals surface area contributed by atoms with Crippen molar-refractivity contribution in [3.05, 3.63) is 65.7 Å². The number of likely N-dealkylation sites (tertiary alicyclic amines) is 1. The van der Waals surface area contributed by atoms with Gasteiger partial charge in [0.2, 0.25) is 10.0 Å². The number of sulfonamides is 1. The normalized spacial score (nSPS) is 20.3. The quantitative estimate of drug-likeness (QED) is 0.665. The van der Waals surface area contributed by atoms with E-state index < -0.39 is 10.0 Å². The summed E-state index contributed by atoms with van der Waals surface area (Å²) in [4.78, 5) is 15.4. The van der Waals surface area contributed by atoms with Crippen LogP contribution in [0.15, 0.2) is 59.5 Å². The molecule has 0 radical (unpaired) electrons. The molecule has 0 aromatic heterocycles. The van der Waals surface area contributed by atoms with Gasteiger partial charge in [0.1, 0.15) is 0 Å². The number of hydrogen-bond donors (Lipinski definition) is 0. The monoisotopic (exact) mass is 440 g/mol. The van der Waals surface area contributed by atoms with Gasteiger partial charge in [0.25, 0.3) is 5.91 Å². The maximum Gasteiger partial charge on any atom is 0.254 e. The lowest BCUT2D eigenvalue weighted by Crippen LogP contribution is -2.38. The summed E-state index contributed by atoms with van der Waals surface area (Å²) in [5, 5.41) is 0. The molecule has 2 fully saturated rings. The summed E-state index contributed by atoms with van der Waals surface area (Å²) >= 11 is 0. The highest BCUT2D eigenvalue weighted by molar-refractivity contribution is 7.89. The molecule has 1 atom stereocenters. The van der Waals surface area contributed by atoms with Crippen molar-refractivity contribution in [2.45, 2.75) is 68.3 Å². The van der Waals surface area contributed by atoms with Gasteiger partial charge in [-0.2, -0.15) is 4.31 Å². The van der Waals surface area contributed by atoms with E-state index in [-0.39, 0.29) is 22.9 Å². The molecular weight excluding hydrogens is 408 g/mol. The van der Waals surface area contributed by atoms with Gasteiger partial charge in [-0.15, -0.1) is 0 Å². The van der Waals surface area contributed by atoms with Gasteiger partial charge >= 0.3 is 0 Å². The highest BCUT2D eigenvalue weighted by atomic mass is 32.2. The highest BCUT2D eigenvalue weighted by Gasteiger charge is 2.32. The van der Waals surface area contributed by atoms with Crippen LogP contribution >= 0.6 is 0 Å². The van der Waals surface area contributed by atoms with Gasteiger partial charge in [-0.1, -0.05) is 55.7 Å². The molecule has 2 aromatic carbocycles. The van der Waals surface area contributed by atoms with E-state index in [1.165, 1.54) is 16.3 Å². The first-order valence-corrected chi connectivity index (χ1v) is 12.8. The van der Waals surface area contributed by atoms with Crippen LogP contribution in [0.5, 0.6) is 0 Å². The molecule has 1 aliphatic heterocycles. The van der Waals surface area contributed by atoms with Gasteiger partial charge in [0.15, 0.2) is 0 Å². The Bertz CT molecular complexity index is 1000. The lowest BCUT2D eigenvalue weighted by Gasteiger charge is -2.30. The molecule has 6 heteroatoms. The molecule has 4 rings (SSSR count). The topological polar surface area (TPSA) is 57.7 Å². The van der Waals surface area contributed by atoms with Gasteiger partial charge < -0.3 is 4.90 Å². The second-order valence-electron chi connectivity index (χ2n) is 8.83. The van der Waals surface area contributed by atoms with E-state index in [1.807, 2.05) is 23.1 Å². The van der Waals surface area contributed by atoms with E-state index in [0.717, 1.165) is 51.5 Å². The summed E-state index contributed by atoms with van der Waals surface area (Å²) in [7, 11) is -1.94. The molecular formula is C25H32N2O3S. The molecule has 31 heavy (non-hydrogen) atoms. The van der Waals surface area contributed by atoms with E-state index in [1.54, 1.807) is 31.3 Å². The zero-order valence-corrected chi connectivity index (χ0v) is 19.1. The third kappa shape index (κ3) is 4.85. The number of hydrogen-bond acceptors (Lipinski definition) is 3. The molecule has 166 valence electrons. The lowest BCUT2D eigenvalue weighted by atomic mass is 9.96. The van der Waals surface area contributed by atoms with Crippen molar-refractivity contribution < 1.29 is 13.2 Å². The van der Waals surface area contributed by atoms with Crippen molar-refractivity contribution in [3.8, 4) is 0 Å². The van der Waals surface area contributed by atoms with Crippen LogP contribution < -0.4 is 0 Å². The summed E-state index contributed by atoms with van der Waals surface area (Å²) in [6.07, 6.45) is 7.91. The van der Waals surface area contributed by atoms with Crippen molar-refractivity contribution in [3.63, 3.8) is 0 Å². The summed E-state index contributed by atoms with van der Waals surface area (Å²) in [5.74, 6) is -0.0733. The van der Waals surface area contributed by atoms with Gasteiger partial charge in [-0.05, 0) is 55.9 Å². The van der Waals surface area contributed by atoms with Gasteiger partial charge in [-0.3, -0.25) is 4.79 Å². The van der Waals surface area contributed by atoms with Crippen LogP contribution in [0.25, 0.3) is 0 Å². The van der Waals surface area contributed by atoms with Gasteiger partial charge in [0, 0.05) is 31.2 Å². The molecule has 2 aliphatic rings. The Morgan fingerprint density at radius 3 is 2.45 bits per heavy atom. The van der Waals surface area contributed by atoms with Crippen LogP contribution in [0.3, 0.4) is 0 Å². The van der Waals surface area contributed by atoms with Crippen LogP contribution in [0.4, 0.5) is 0 Å². The van der Waals surface area contributed by atoms with Crippen LogP contribution in [0.2, 0.25) is 0 Å². The van der Waals surface area contributed by atoms with Crippen molar-refractivity contribution in [1.29, 1.82) is 0 Å². The number of benzene rings is 2. The summed E-state index contributed by atoms with van der Waals surface area (Å²) in [5.41, 5.74) is 1.68. The third-order valence-corrected chi connectivity index (χ3v) is 8.71. The zero-order chi connectivity index (χ0) is 21.8. The maximum atomic E-state index is 13.3. The predicted octanol–water partition coefficient (Wildman–Crippen LogP) is 4.49. The molecule has 1 amide bonds. The maximum absolute atomic E-state index is 13.3. The van der Waals surface area contributed by atoms with E-state index in [9.17, 15) is 13.2 Å². The fourth-order valence-corrected chi connectivity index (χ4v) is 6.43. The second kappa shape index (κ2) is 9.53. The van der Waals surface area contributed by atoms with Crippen molar-refractivity contribution in [2.24, 2.45) is 0 Å². The SMILES string of the molecule is CN(C1CCCCC1)S(=O)(=O)c1cccc(C(=O)N2CCCC2Cc2ccccc2)c1. The van der Waals surface area contributed by atoms with Crippen LogP contribution in [-0.2, 0) is 16.4 Å². The third-order valence-electron chi connectivity index (χ3n) is 6.80. The van der Waals surface area contributed by atoms with E-state index in [4.69, 9.17) is 0 Å². The number of amides is 1. The standard InChI is InChI=1S/C25H32N2O3S/c1-26(22-13-6-3-7-14-22)31(29,30)24-16-8-12-21(19-24)25(28)27-17-9-15-23(27)18-20-10-4-2-5-11-20/h2,4-5,8,10-12,16,19,22-23H,3,6-7,9,13-15,17-18H2,1H3. The average Bonchev–Trinajstić information content (AvgIpc) is 3.27. The Balaban J connectivity index is 1.52. The first-order chi connectivity index (χ1) is 15.0. The highest BCUT2D eigenvalue weighted by Crippen LogP contribution is 2.28. The largest absolute Gasteiger partial charge is 0.335 e. The number of nitrogens with zero attached hydrogens (tertiary/aromatic N) is 2. The average molecular weight is 441 g/mol. The molecule has 0 spiro atoms. The smallest absolute Gasteiger partial charge is 0.254 e. The lowest BCUT2D eigenvalue weighted by molar-refractivity contribution is 0.0736. The van der Waals surface area contributed by atoms with Crippen molar-refractivity contribution >= 4 is 15.9 Å². The molecule has 1 aliphatic carbocycles. The minimum atomic E-state index is -3.62. The van der Waals surface area contributed by atoms with E-state index in [0.29, 0.717) is 5.56 Å². The Kier molecular flexibility index (Phi) is 6.77. The Hall–Kier alpha value is -2.18. The second-order valence-corrected chi connectivity index (χ2v) is 10.8. The van der Waals surface area contributed by atoms with Crippen LogP contribution in [0, 0.1) is 0 Å². The Morgan fingerprint density at radius 2 is 1.71 bits per heavy atom. The first-order valence-electron chi connectivity index (χ1n) is 11.4. The minimum absolute atomic E-state index is 0.0481. The first kappa shape index (κ1) is 22.0. The Morgan fingerprint density at radius 1 is 0.968 bits per heavy atom. The number of carbonyl (C=O) groups excluding carboxylic acids is 1. The van der Waals surface area contributed by atoms with Crippen LogP contribution in [-0.4, -0.2) is 49.2 Å². The molecule has 0 N–H and O–H groups in total. The minimum Gasteiger partial charge on any atom is -0.335 e. The van der Waals surface area contributed by atoms with Gasteiger partial charge in [0.05, 0.1) is 4.90 Å².